The summed E-state index contributed by atoms with van der Waals surface area (Å²) in [6, 6.07) is 9.80. The van der Waals surface area contributed by atoms with E-state index < -0.39 is 0 Å². The molecule has 1 fully saturated rings. The van der Waals surface area contributed by atoms with Crippen molar-refractivity contribution in [3.05, 3.63) is 39.8 Å². The second-order valence-corrected chi connectivity index (χ2v) is 6.18. The van der Waals surface area contributed by atoms with Gasteiger partial charge in [-0.2, -0.15) is 0 Å². The van der Waals surface area contributed by atoms with Gasteiger partial charge in [-0.1, -0.05) is 41.7 Å². The van der Waals surface area contributed by atoms with Gasteiger partial charge in [0.05, 0.1) is 0 Å². The second kappa shape index (κ2) is 5.72. The molecule has 0 radical (unpaired) electrons. The molecule has 1 amide bonds. The van der Waals surface area contributed by atoms with Crippen LogP contribution in [0, 0.1) is 3.95 Å². The summed E-state index contributed by atoms with van der Waals surface area (Å²) in [6.07, 6.45) is 1.59. The number of aromatic amines is 1. The SMILES string of the molecule is O=C(OCc1ccccc1)N(c1n[nH]c(=S)s1)C1CC1. The number of anilines is 1. The number of hydrogen-bond acceptors (Lipinski definition) is 5. The lowest BCUT2D eigenvalue weighted by Crippen LogP contribution is -2.33. The fourth-order valence-electron chi connectivity index (χ4n) is 1.83. The topological polar surface area (TPSA) is 58.2 Å². The van der Waals surface area contributed by atoms with Gasteiger partial charge in [0, 0.05) is 6.04 Å². The zero-order chi connectivity index (χ0) is 13.9. The molecule has 7 heteroatoms. The normalized spacial score (nSPS) is 14.0. The first kappa shape index (κ1) is 13.3. The van der Waals surface area contributed by atoms with Crippen LogP contribution in [-0.2, 0) is 11.3 Å². The number of amides is 1. The number of H-pyrrole nitrogens is 1. The summed E-state index contributed by atoms with van der Waals surface area (Å²) >= 11 is 6.30. The molecule has 0 unspecified atom stereocenters. The molecule has 1 aromatic heterocycles. The van der Waals surface area contributed by atoms with Crippen LogP contribution in [0.4, 0.5) is 9.93 Å². The van der Waals surface area contributed by atoms with Crippen molar-refractivity contribution in [1.29, 1.82) is 0 Å². The first-order chi connectivity index (χ1) is 9.74. The van der Waals surface area contributed by atoms with E-state index in [9.17, 15) is 4.79 Å². The van der Waals surface area contributed by atoms with Crippen molar-refractivity contribution in [2.24, 2.45) is 0 Å². The number of carbonyl (C=O) groups is 1. The van der Waals surface area contributed by atoms with Crippen molar-refractivity contribution in [3.8, 4) is 0 Å². The van der Waals surface area contributed by atoms with E-state index in [4.69, 9.17) is 17.0 Å². The number of ether oxygens (including phenoxy) is 1. The third-order valence-electron chi connectivity index (χ3n) is 2.95. The van der Waals surface area contributed by atoms with Gasteiger partial charge in [-0.25, -0.2) is 9.69 Å². The molecule has 0 bridgehead atoms. The highest BCUT2D eigenvalue weighted by atomic mass is 32.1. The molecule has 0 aliphatic heterocycles. The maximum absolute atomic E-state index is 12.2. The fourth-order valence-corrected chi connectivity index (χ4v) is 2.77. The molecule has 1 N–H and O–H groups in total. The maximum atomic E-state index is 12.2. The van der Waals surface area contributed by atoms with Crippen molar-refractivity contribution < 1.29 is 9.53 Å². The van der Waals surface area contributed by atoms with Crippen LogP contribution in [0.1, 0.15) is 18.4 Å². The molecule has 1 aliphatic carbocycles. The predicted molar refractivity (Wildman–Crippen MR) is 79.4 cm³/mol. The lowest BCUT2D eigenvalue weighted by Gasteiger charge is -2.18. The minimum Gasteiger partial charge on any atom is -0.444 e. The highest BCUT2D eigenvalue weighted by Gasteiger charge is 2.36. The van der Waals surface area contributed by atoms with Crippen molar-refractivity contribution >= 4 is 34.8 Å². The third kappa shape index (κ3) is 3.05. The predicted octanol–water partition coefficient (Wildman–Crippen LogP) is 3.51. The van der Waals surface area contributed by atoms with E-state index >= 15 is 0 Å². The van der Waals surface area contributed by atoms with Gasteiger partial charge in [0.25, 0.3) is 0 Å². The van der Waals surface area contributed by atoms with Crippen molar-refractivity contribution in [3.63, 3.8) is 0 Å². The number of hydrogen-bond donors (Lipinski definition) is 1. The van der Waals surface area contributed by atoms with Crippen LogP contribution in [0.15, 0.2) is 30.3 Å². The molecule has 0 spiro atoms. The monoisotopic (exact) mass is 307 g/mol. The molecule has 2 aromatic rings. The Morgan fingerprint density at radius 3 is 2.80 bits per heavy atom. The summed E-state index contributed by atoms with van der Waals surface area (Å²) in [7, 11) is 0. The lowest BCUT2D eigenvalue weighted by atomic mass is 10.2. The fraction of sp³-hybridized carbons (Fsp3) is 0.308. The number of carbonyl (C=O) groups excluding carboxylic acids is 1. The molecule has 0 atom stereocenters. The van der Waals surface area contributed by atoms with Crippen LogP contribution >= 0.6 is 23.6 Å². The molecular weight excluding hydrogens is 294 g/mol. The van der Waals surface area contributed by atoms with Crippen LogP contribution in [0.2, 0.25) is 0 Å². The Morgan fingerprint density at radius 1 is 1.45 bits per heavy atom. The van der Waals surface area contributed by atoms with Crippen molar-refractivity contribution in [2.75, 3.05) is 4.90 Å². The highest BCUT2D eigenvalue weighted by molar-refractivity contribution is 7.73. The minimum absolute atomic E-state index is 0.187. The summed E-state index contributed by atoms with van der Waals surface area (Å²) in [5.41, 5.74) is 0.964. The number of aromatic nitrogens is 2. The number of benzene rings is 1. The zero-order valence-corrected chi connectivity index (χ0v) is 12.2. The summed E-state index contributed by atoms with van der Waals surface area (Å²) in [4.78, 5) is 13.8. The summed E-state index contributed by atoms with van der Waals surface area (Å²) in [5.74, 6) is 0. The Balaban J connectivity index is 1.69. The van der Waals surface area contributed by atoms with Crippen LogP contribution in [-0.4, -0.2) is 22.3 Å². The second-order valence-electron chi connectivity index (χ2n) is 4.54. The smallest absolute Gasteiger partial charge is 0.416 e. The molecule has 1 aliphatic rings. The van der Waals surface area contributed by atoms with Crippen LogP contribution in [0.25, 0.3) is 0 Å². The van der Waals surface area contributed by atoms with Gasteiger partial charge in [0.15, 0.2) is 3.95 Å². The van der Waals surface area contributed by atoms with Gasteiger partial charge in [-0.15, -0.1) is 5.10 Å². The van der Waals surface area contributed by atoms with Gasteiger partial charge >= 0.3 is 6.09 Å². The van der Waals surface area contributed by atoms with E-state index in [1.165, 1.54) is 11.3 Å². The van der Waals surface area contributed by atoms with E-state index in [-0.39, 0.29) is 18.7 Å². The zero-order valence-electron chi connectivity index (χ0n) is 10.6. The first-order valence-corrected chi connectivity index (χ1v) is 7.52. The highest BCUT2D eigenvalue weighted by Crippen LogP contribution is 2.33. The molecule has 1 heterocycles. The molecule has 5 nitrogen and oxygen atoms in total. The van der Waals surface area contributed by atoms with E-state index in [1.54, 1.807) is 4.90 Å². The summed E-state index contributed by atoms with van der Waals surface area (Å²) < 4.78 is 5.92. The molecular formula is C13H13N3O2S2. The molecule has 0 saturated heterocycles. The summed E-state index contributed by atoms with van der Waals surface area (Å²) in [6.45, 7) is 0.263. The third-order valence-corrected chi connectivity index (χ3v) is 4.04. The van der Waals surface area contributed by atoms with Crippen molar-refractivity contribution in [2.45, 2.75) is 25.5 Å². The van der Waals surface area contributed by atoms with E-state index in [2.05, 4.69) is 10.2 Å². The van der Waals surface area contributed by atoms with E-state index in [0.717, 1.165) is 18.4 Å². The van der Waals surface area contributed by atoms with E-state index in [0.29, 0.717) is 9.09 Å². The largest absolute Gasteiger partial charge is 0.444 e. The van der Waals surface area contributed by atoms with Gasteiger partial charge < -0.3 is 4.74 Å². The van der Waals surface area contributed by atoms with Crippen molar-refractivity contribution in [1.82, 2.24) is 10.2 Å². The average molecular weight is 307 g/mol. The Morgan fingerprint density at radius 2 is 2.20 bits per heavy atom. The van der Waals surface area contributed by atoms with Gasteiger partial charge in [0.1, 0.15) is 6.61 Å². The van der Waals surface area contributed by atoms with Crippen LogP contribution < -0.4 is 4.90 Å². The van der Waals surface area contributed by atoms with Gasteiger partial charge in [-0.3, -0.25) is 5.10 Å². The number of nitrogens with zero attached hydrogens (tertiary/aromatic N) is 2. The van der Waals surface area contributed by atoms with E-state index in [1.807, 2.05) is 30.3 Å². The van der Waals surface area contributed by atoms with Gasteiger partial charge in [-0.05, 0) is 30.6 Å². The Hall–Kier alpha value is -1.73. The first-order valence-electron chi connectivity index (χ1n) is 6.29. The van der Waals surface area contributed by atoms with Gasteiger partial charge in [0.2, 0.25) is 5.13 Å². The Labute approximate surface area is 125 Å². The molecule has 20 heavy (non-hydrogen) atoms. The van der Waals surface area contributed by atoms with Crippen LogP contribution in [0.5, 0.6) is 0 Å². The Bertz CT molecular complexity index is 649. The molecule has 1 saturated carbocycles. The minimum atomic E-state index is -0.367. The summed E-state index contributed by atoms with van der Waals surface area (Å²) in [5, 5.41) is 7.34. The quantitative estimate of drug-likeness (QED) is 0.878. The number of nitrogens with one attached hydrogen (secondary N) is 1. The van der Waals surface area contributed by atoms with Crippen LogP contribution in [0.3, 0.4) is 0 Å². The molecule has 104 valence electrons. The lowest BCUT2D eigenvalue weighted by molar-refractivity contribution is 0.146. The molecule has 3 rings (SSSR count). The number of rotatable bonds is 4. The molecule has 1 aromatic carbocycles. The maximum Gasteiger partial charge on any atom is 0.416 e. The Kier molecular flexibility index (Phi) is 3.79. The standard InChI is InChI=1S/C13H13N3O2S2/c17-13(18-8-9-4-2-1-3-5-9)16(10-6-7-10)11-14-15-12(19)20-11/h1-5,10H,6-8H2,(H,15,19). The average Bonchev–Trinajstić information content (AvgIpc) is 3.20.